The molecule has 0 radical (unpaired) electrons. The number of allylic oxidation sites excluding steroid dienone is 1. The van der Waals surface area contributed by atoms with Gasteiger partial charge in [-0.25, -0.2) is 9.59 Å². The van der Waals surface area contributed by atoms with Crippen molar-refractivity contribution in [3.05, 3.63) is 52.2 Å². The van der Waals surface area contributed by atoms with Gasteiger partial charge < -0.3 is 9.30 Å². The zero-order chi connectivity index (χ0) is 14.7. The Balaban J connectivity index is 2.12. The van der Waals surface area contributed by atoms with E-state index in [-0.39, 0.29) is 0 Å². The van der Waals surface area contributed by atoms with Crippen LogP contribution in [-0.2, 0) is 27.8 Å². The number of cyclic esters (lactones) is 2. The lowest BCUT2D eigenvalue weighted by Gasteiger charge is -2.10. The predicted molar refractivity (Wildman–Crippen MR) is 78.4 cm³/mol. The summed E-state index contributed by atoms with van der Waals surface area (Å²) in [5, 5.41) is 1.14. The molecule has 4 rings (SSSR count). The fourth-order valence-electron chi connectivity index (χ4n) is 3.28. The molecule has 2 heterocycles. The highest BCUT2D eigenvalue weighted by molar-refractivity contribution is 6.21. The SMILES string of the molecule is C/C1=C2\C(=O)OC(=O)\C2=C\c2cn(C)c3cccc(c23)C1. The third kappa shape index (κ3) is 1.56. The maximum Gasteiger partial charge on any atom is 0.346 e. The number of aromatic nitrogens is 1. The molecule has 1 fully saturated rings. The van der Waals surface area contributed by atoms with Crippen molar-refractivity contribution in [2.24, 2.45) is 7.05 Å². The molecular formula is C17H13NO3. The average Bonchev–Trinajstić information content (AvgIpc) is 2.88. The summed E-state index contributed by atoms with van der Waals surface area (Å²) in [7, 11) is 1.98. The molecule has 2 aromatic rings. The zero-order valence-corrected chi connectivity index (χ0v) is 11.8. The minimum atomic E-state index is -0.550. The number of rotatable bonds is 0. The van der Waals surface area contributed by atoms with Crippen LogP contribution >= 0.6 is 0 Å². The first-order valence-corrected chi connectivity index (χ1v) is 6.81. The molecule has 4 heteroatoms. The van der Waals surface area contributed by atoms with E-state index >= 15 is 0 Å². The largest absolute Gasteiger partial charge is 0.386 e. The maximum atomic E-state index is 11.9. The molecule has 1 aromatic heterocycles. The van der Waals surface area contributed by atoms with Gasteiger partial charge in [0.2, 0.25) is 0 Å². The van der Waals surface area contributed by atoms with Gasteiger partial charge in [-0.3, -0.25) is 0 Å². The summed E-state index contributed by atoms with van der Waals surface area (Å²) in [5.41, 5.74) is 4.91. The Labute approximate surface area is 121 Å². The standard InChI is InChI=1S/C17H13NO3/c1-9-6-10-4-3-5-13-15(10)11(8-18(13)2)7-12-14(9)17(20)21-16(12)19/h3-5,7-8H,6H2,1-2H3/b12-7+,14-9+. The number of carbonyl (C=O) groups excluding carboxylic acids is 2. The van der Waals surface area contributed by atoms with Gasteiger partial charge in [-0.15, -0.1) is 0 Å². The van der Waals surface area contributed by atoms with Crippen LogP contribution in [0.25, 0.3) is 17.0 Å². The molecule has 1 aliphatic carbocycles. The van der Waals surface area contributed by atoms with Crippen LogP contribution in [0.2, 0.25) is 0 Å². The Morgan fingerprint density at radius 3 is 2.81 bits per heavy atom. The third-order valence-electron chi connectivity index (χ3n) is 4.19. The first-order valence-electron chi connectivity index (χ1n) is 6.81. The molecule has 0 bridgehead atoms. The van der Waals surface area contributed by atoms with Gasteiger partial charge >= 0.3 is 11.9 Å². The Morgan fingerprint density at radius 1 is 1.19 bits per heavy atom. The fraction of sp³-hybridized carbons (Fsp3) is 0.176. The number of fused-ring (bicyclic) bond motifs is 1. The van der Waals surface area contributed by atoms with Crippen LogP contribution in [0.1, 0.15) is 18.1 Å². The van der Waals surface area contributed by atoms with E-state index in [9.17, 15) is 9.59 Å². The number of nitrogens with zero attached hydrogens (tertiary/aromatic N) is 1. The molecule has 0 atom stereocenters. The summed E-state index contributed by atoms with van der Waals surface area (Å²) in [6.07, 6.45) is 4.40. The minimum absolute atomic E-state index is 0.375. The van der Waals surface area contributed by atoms with E-state index < -0.39 is 11.9 Å². The van der Waals surface area contributed by atoms with E-state index in [4.69, 9.17) is 4.74 Å². The van der Waals surface area contributed by atoms with Crippen LogP contribution in [0.3, 0.4) is 0 Å². The Hall–Kier alpha value is -2.62. The van der Waals surface area contributed by atoms with Gasteiger partial charge in [-0.1, -0.05) is 17.7 Å². The first-order chi connectivity index (χ1) is 10.1. The molecule has 2 aliphatic rings. The number of ether oxygens (including phenoxy) is 1. The van der Waals surface area contributed by atoms with Crippen molar-refractivity contribution >= 4 is 28.9 Å². The molecule has 1 saturated heterocycles. The summed E-state index contributed by atoms with van der Waals surface area (Å²) >= 11 is 0. The first kappa shape index (κ1) is 12.1. The molecule has 0 unspecified atom stereocenters. The number of carbonyl (C=O) groups is 2. The molecule has 0 spiro atoms. The smallest absolute Gasteiger partial charge is 0.346 e. The third-order valence-corrected chi connectivity index (χ3v) is 4.19. The van der Waals surface area contributed by atoms with Gasteiger partial charge in [0.15, 0.2) is 0 Å². The zero-order valence-electron chi connectivity index (χ0n) is 11.8. The molecule has 1 aliphatic heterocycles. The number of hydrogen-bond acceptors (Lipinski definition) is 3. The average molecular weight is 279 g/mol. The normalized spacial score (nSPS) is 23.4. The number of hydrogen-bond donors (Lipinski definition) is 0. The molecule has 4 nitrogen and oxygen atoms in total. The molecule has 104 valence electrons. The predicted octanol–water partition coefficient (Wildman–Crippen LogP) is 2.52. The van der Waals surface area contributed by atoms with Crippen molar-refractivity contribution in [1.82, 2.24) is 4.57 Å². The van der Waals surface area contributed by atoms with Crippen LogP contribution in [0.5, 0.6) is 0 Å². The number of aryl methyl sites for hydroxylation is 1. The highest BCUT2D eigenvalue weighted by Gasteiger charge is 2.36. The van der Waals surface area contributed by atoms with Crippen molar-refractivity contribution in [2.75, 3.05) is 0 Å². The van der Waals surface area contributed by atoms with E-state index in [1.54, 1.807) is 6.08 Å². The van der Waals surface area contributed by atoms with Crippen molar-refractivity contribution in [3.63, 3.8) is 0 Å². The van der Waals surface area contributed by atoms with Crippen molar-refractivity contribution < 1.29 is 14.3 Å². The Bertz CT molecular complexity index is 896. The van der Waals surface area contributed by atoms with Crippen molar-refractivity contribution in [1.29, 1.82) is 0 Å². The second-order valence-electron chi connectivity index (χ2n) is 5.57. The highest BCUT2D eigenvalue weighted by Crippen LogP contribution is 2.35. The van der Waals surface area contributed by atoms with Crippen LogP contribution in [-0.4, -0.2) is 16.5 Å². The lowest BCUT2D eigenvalue weighted by Crippen LogP contribution is -2.03. The summed E-state index contributed by atoms with van der Waals surface area (Å²) in [6.45, 7) is 1.88. The second-order valence-corrected chi connectivity index (χ2v) is 5.57. The summed E-state index contributed by atoms with van der Waals surface area (Å²) in [5.74, 6) is -1.08. The monoisotopic (exact) mass is 279 g/mol. The minimum Gasteiger partial charge on any atom is -0.386 e. The molecule has 0 amide bonds. The maximum absolute atomic E-state index is 11.9. The van der Waals surface area contributed by atoms with Crippen molar-refractivity contribution in [3.8, 4) is 0 Å². The van der Waals surface area contributed by atoms with Crippen LogP contribution in [0, 0.1) is 0 Å². The summed E-state index contributed by atoms with van der Waals surface area (Å²) in [4.78, 5) is 23.8. The molecule has 0 N–H and O–H groups in total. The van der Waals surface area contributed by atoms with E-state index in [1.165, 1.54) is 0 Å². The van der Waals surface area contributed by atoms with Gasteiger partial charge in [0, 0.05) is 29.7 Å². The second kappa shape index (κ2) is 3.95. The quantitative estimate of drug-likeness (QED) is 0.550. The van der Waals surface area contributed by atoms with Crippen LogP contribution in [0.4, 0.5) is 0 Å². The fourth-order valence-corrected chi connectivity index (χ4v) is 3.28. The summed E-state index contributed by atoms with van der Waals surface area (Å²) < 4.78 is 6.82. The number of esters is 2. The Morgan fingerprint density at radius 2 is 2.00 bits per heavy atom. The van der Waals surface area contributed by atoms with E-state index in [2.05, 4.69) is 12.1 Å². The summed E-state index contributed by atoms with van der Waals surface area (Å²) in [6, 6.07) is 6.14. The van der Waals surface area contributed by atoms with Gasteiger partial charge in [-0.05, 0) is 31.1 Å². The number of benzene rings is 1. The molecule has 21 heavy (non-hydrogen) atoms. The lowest BCUT2D eigenvalue weighted by atomic mass is 9.91. The van der Waals surface area contributed by atoms with Gasteiger partial charge in [-0.2, -0.15) is 0 Å². The van der Waals surface area contributed by atoms with E-state index in [0.29, 0.717) is 17.6 Å². The molecular weight excluding hydrogens is 266 g/mol. The van der Waals surface area contributed by atoms with Gasteiger partial charge in [0.25, 0.3) is 0 Å². The van der Waals surface area contributed by atoms with Gasteiger partial charge in [0.1, 0.15) is 0 Å². The molecule has 0 saturated carbocycles. The van der Waals surface area contributed by atoms with E-state index in [0.717, 1.165) is 27.6 Å². The lowest BCUT2D eigenvalue weighted by molar-refractivity contribution is -0.149. The van der Waals surface area contributed by atoms with E-state index in [1.807, 2.05) is 30.8 Å². The Kier molecular flexibility index (Phi) is 2.28. The van der Waals surface area contributed by atoms with Gasteiger partial charge in [0.05, 0.1) is 11.1 Å². The van der Waals surface area contributed by atoms with Crippen molar-refractivity contribution in [2.45, 2.75) is 13.3 Å². The highest BCUT2D eigenvalue weighted by atomic mass is 16.6. The van der Waals surface area contributed by atoms with Crippen LogP contribution < -0.4 is 0 Å². The molecule has 1 aromatic carbocycles. The topological polar surface area (TPSA) is 48.3 Å². The van der Waals surface area contributed by atoms with Crippen LogP contribution in [0.15, 0.2) is 41.1 Å².